The van der Waals surface area contributed by atoms with E-state index in [0.717, 1.165) is 44.3 Å². The second-order valence-corrected chi connectivity index (χ2v) is 5.29. The number of nitrogens with zero attached hydrogens (tertiary/aromatic N) is 1. The molecule has 17 heavy (non-hydrogen) atoms. The van der Waals surface area contributed by atoms with Gasteiger partial charge in [-0.1, -0.05) is 13.0 Å². The number of ketones is 1. The third-order valence-electron chi connectivity index (χ3n) is 3.66. The average molecular weight is 235 g/mol. The molecule has 94 valence electrons. The highest BCUT2D eigenvalue weighted by molar-refractivity contribution is 5.95. The fourth-order valence-corrected chi connectivity index (χ4v) is 2.68. The molecule has 2 bridgehead atoms. The molecule has 0 saturated carbocycles. The summed E-state index contributed by atoms with van der Waals surface area (Å²) in [6.45, 7) is 3.67. The summed E-state index contributed by atoms with van der Waals surface area (Å²) in [6, 6.07) is 0. The second-order valence-electron chi connectivity index (χ2n) is 5.29. The van der Waals surface area contributed by atoms with E-state index in [9.17, 15) is 9.59 Å². The molecular weight excluding hydrogens is 214 g/mol. The van der Waals surface area contributed by atoms with Gasteiger partial charge in [-0.05, 0) is 37.2 Å². The summed E-state index contributed by atoms with van der Waals surface area (Å²) in [4.78, 5) is 26.1. The monoisotopic (exact) mass is 235 g/mol. The van der Waals surface area contributed by atoms with E-state index in [-0.39, 0.29) is 17.6 Å². The van der Waals surface area contributed by atoms with Gasteiger partial charge in [0.2, 0.25) is 5.91 Å². The lowest BCUT2D eigenvalue weighted by Crippen LogP contribution is -2.34. The summed E-state index contributed by atoms with van der Waals surface area (Å²) in [5.41, 5.74) is 1.01. The van der Waals surface area contributed by atoms with Gasteiger partial charge in [-0.25, -0.2) is 0 Å². The molecule has 0 spiro atoms. The van der Waals surface area contributed by atoms with Gasteiger partial charge < -0.3 is 4.90 Å². The Morgan fingerprint density at radius 1 is 1.18 bits per heavy atom. The molecule has 1 fully saturated rings. The first kappa shape index (κ1) is 12.3. The summed E-state index contributed by atoms with van der Waals surface area (Å²) in [5.74, 6) is 0.674. The van der Waals surface area contributed by atoms with Crippen LogP contribution in [0.15, 0.2) is 11.6 Å². The molecule has 1 saturated heterocycles. The van der Waals surface area contributed by atoms with Crippen molar-refractivity contribution in [3.63, 3.8) is 0 Å². The molecule has 2 aliphatic rings. The molecule has 0 radical (unpaired) electrons. The number of Topliss-reactive ketones (excluding diaryl/α,β-unsaturated/α-hetero) is 1. The van der Waals surface area contributed by atoms with E-state index in [1.807, 2.05) is 11.8 Å². The first-order valence-corrected chi connectivity index (χ1v) is 6.67. The van der Waals surface area contributed by atoms with Gasteiger partial charge in [0.25, 0.3) is 0 Å². The van der Waals surface area contributed by atoms with Gasteiger partial charge in [-0.15, -0.1) is 0 Å². The molecule has 0 N–H and O–H groups in total. The van der Waals surface area contributed by atoms with Crippen molar-refractivity contribution in [3.05, 3.63) is 11.6 Å². The summed E-state index contributed by atoms with van der Waals surface area (Å²) in [6.07, 6.45) is 6.85. The number of rotatable bonds is 0. The van der Waals surface area contributed by atoms with Crippen molar-refractivity contribution >= 4 is 11.7 Å². The maximum Gasteiger partial charge on any atom is 0.222 e. The lowest BCUT2D eigenvalue weighted by Gasteiger charge is -2.24. The van der Waals surface area contributed by atoms with Gasteiger partial charge in [0.1, 0.15) is 0 Å². The van der Waals surface area contributed by atoms with Crippen molar-refractivity contribution in [1.29, 1.82) is 0 Å². The van der Waals surface area contributed by atoms with Crippen molar-refractivity contribution in [3.8, 4) is 0 Å². The van der Waals surface area contributed by atoms with Crippen molar-refractivity contribution in [1.82, 2.24) is 4.90 Å². The molecule has 0 aromatic heterocycles. The Labute approximate surface area is 103 Å². The first-order chi connectivity index (χ1) is 8.16. The van der Waals surface area contributed by atoms with E-state index >= 15 is 0 Å². The van der Waals surface area contributed by atoms with Crippen LogP contribution >= 0.6 is 0 Å². The minimum atomic E-state index is 0.178. The lowest BCUT2D eigenvalue weighted by atomic mass is 9.93. The summed E-state index contributed by atoms with van der Waals surface area (Å²) < 4.78 is 0. The van der Waals surface area contributed by atoms with Gasteiger partial charge in [0, 0.05) is 25.9 Å². The largest absolute Gasteiger partial charge is 0.343 e. The summed E-state index contributed by atoms with van der Waals surface area (Å²) >= 11 is 0. The minimum Gasteiger partial charge on any atom is -0.343 e. The van der Waals surface area contributed by atoms with Crippen LogP contribution in [-0.4, -0.2) is 29.7 Å². The Kier molecular flexibility index (Phi) is 3.97. The van der Waals surface area contributed by atoms with E-state index in [0.29, 0.717) is 12.8 Å². The smallest absolute Gasteiger partial charge is 0.222 e. The van der Waals surface area contributed by atoms with Crippen molar-refractivity contribution in [2.45, 2.75) is 45.4 Å². The predicted octanol–water partition coefficient (Wildman–Crippen LogP) is 2.31. The maximum absolute atomic E-state index is 12.1. The summed E-state index contributed by atoms with van der Waals surface area (Å²) in [5, 5.41) is 0. The van der Waals surface area contributed by atoms with Crippen LogP contribution in [0.4, 0.5) is 0 Å². The molecule has 3 nitrogen and oxygen atoms in total. The SMILES string of the molecule is CC1CC(=O)/C2=C/CCCN(CCC2)C(=O)C1. The molecule has 0 aliphatic carbocycles. The van der Waals surface area contributed by atoms with Crippen LogP contribution in [0.2, 0.25) is 0 Å². The van der Waals surface area contributed by atoms with Crippen LogP contribution < -0.4 is 0 Å². The molecule has 1 unspecified atom stereocenters. The van der Waals surface area contributed by atoms with E-state index < -0.39 is 0 Å². The molecule has 2 aliphatic heterocycles. The third kappa shape index (κ3) is 3.18. The van der Waals surface area contributed by atoms with E-state index in [4.69, 9.17) is 0 Å². The van der Waals surface area contributed by atoms with Gasteiger partial charge in [0.05, 0.1) is 0 Å². The van der Waals surface area contributed by atoms with Crippen LogP contribution in [0.1, 0.15) is 45.4 Å². The Hall–Kier alpha value is -1.12. The van der Waals surface area contributed by atoms with Crippen molar-refractivity contribution < 1.29 is 9.59 Å². The Morgan fingerprint density at radius 2 is 1.94 bits per heavy atom. The highest BCUT2D eigenvalue weighted by atomic mass is 16.2. The number of fused-ring (bicyclic) bond motifs is 4. The number of carbonyl (C=O) groups excluding carboxylic acids is 2. The Balaban J connectivity index is 2.23. The number of hydrogen-bond acceptors (Lipinski definition) is 2. The fourth-order valence-electron chi connectivity index (χ4n) is 2.68. The third-order valence-corrected chi connectivity index (χ3v) is 3.66. The van der Waals surface area contributed by atoms with E-state index in [1.54, 1.807) is 0 Å². The number of hydrogen-bond donors (Lipinski definition) is 0. The quantitative estimate of drug-likeness (QED) is 0.646. The van der Waals surface area contributed by atoms with Crippen LogP contribution in [-0.2, 0) is 9.59 Å². The van der Waals surface area contributed by atoms with Gasteiger partial charge in [0.15, 0.2) is 5.78 Å². The first-order valence-electron chi connectivity index (χ1n) is 6.67. The second kappa shape index (κ2) is 5.48. The van der Waals surface area contributed by atoms with Crippen molar-refractivity contribution in [2.75, 3.05) is 13.1 Å². The van der Waals surface area contributed by atoms with E-state index in [1.165, 1.54) is 0 Å². The molecule has 2 rings (SSSR count). The molecule has 0 aromatic rings. The predicted molar refractivity (Wildman–Crippen MR) is 66.5 cm³/mol. The van der Waals surface area contributed by atoms with Crippen molar-refractivity contribution in [2.24, 2.45) is 5.92 Å². The zero-order valence-electron chi connectivity index (χ0n) is 10.6. The molecule has 1 atom stereocenters. The molecule has 1 amide bonds. The maximum atomic E-state index is 12.1. The molecule has 0 aromatic carbocycles. The normalized spacial score (nSPS) is 30.5. The average Bonchev–Trinajstić information content (AvgIpc) is 2.37. The van der Waals surface area contributed by atoms with E-state index in [2.05, 4.69) is 6.08 Å². The fraction of sp³-hybridized carbons (Fsp3) is 0.714. The number of allylic oxidation sites excluding steroid dienone is 2. The molecule has 2 heterocycles. The zero-order chi connectivity index (χ0) is 12.3. The van der Waals surface area contributed by atoms with Gasteiger partial charge in [-0.3, -0.25) is 9.59 Å². The minimum absolute atomic E-state index is 0.178. The highest BCUT2D eigenvalue weighted by Gasteiger charge is 2.23. The number of amides is 1. The highest BCUT2D eigenvalue weighted by Crippen LogP contribution is 2.21. The zero-order valence-corrected chi connectivity index (χ0v) is 10.6. The van der Waals surface area contributed by atoms with Gasteiger partial charge >= 0.3 is 0 Å². The topological polar surface area (TPSA) is 37.4 Å². The van der Waals surface area contributed by atoms with Gasteiger partial charge in [-0.2, -0.15) is 0 Å². The Bertz CT molecular complexity index is 346. The van der Waals surface area contributed by atoms with Crippen LogP contribution in [0.3, 0.4) is 0 Å². The molecular formula is C14H21NO2. The Morgan fingerprint density at radius 3 is 2.76 bits per heavy atom. The standard InChI is InChI=1S/C14H21NO2/c1-11-9-13(16)12-5-2-3-7-15(8-4-6-12)14(17)10-11/h5,11H,2-4,6-10H2,1H3/b12-5+. The van der Waals surface area contributed by atoms with Crippen LogP contribution in [0, 0.1) is 5.92 Å². The molecule has 3 heteroatoms. The summed E-state index contributed by atoms with van der Waals surface area (Å²) in [7, 11) is 0. The number of carbonyl (C=O) groups is 2. The van der Waals surface area contributed by atoms with Crippen LogP contribution in [0.5, 0.6) is 0 Å². The lowest BCUT2D eigenvalue weighted by molar-refractivity contribution is -0.132. The van der Waals surface area contributed by atoms with Crippen LogP contribution in [0.25, 0.3) is 0 Å².